The van der Waals surface area contributed by atoms with Crippen LogP contribution in [-0.4, -0.2) is 20.6 Å². The van der Waals surface area contributed by atoms with Crippen LogP contribution in [0.25, 0.3) is 0 Å². The number of hydrogen-bond donors (Lipinski definition) is 1. The van der Waals surface area contributed by atoms with Crippen LogP contribution in [0.15, 0.2) is 24.3 Å². The third-order valence-corrected chi connectivity index (χ3v) is 3.94. The van der Waals surface area contributed by atoms with Gasteiger partial charge >= 0.3 is 0 Å². The van der Waals surface area contributed by atoms with Crippen LogP contribution >= 0.6 is 0 Å². The van der Waals surface area contributed by atoms with E-state index in [0.29, 0.717) is 11.4 Å². The molecule has 2 aromatic rings. The summed E-state index contributed by atoms with van der Waals surface area (Å²) in [5, 5.41) is 17.8. The van der Waals surface area contributed by atoms with Crippen LogP contribution in [0.5, 0.6) is 0 Å². The molecule has 1 heterocycles. The first kappa shape index (κ1) is 14.2. The number of amides is 1. The molecule has 0 fully saturated rings. The van der Waals surface area contributed by atoms with Crippen molar-refractivity contribution in [3.63, 3.8) is 0 Å². The standard InChI is InChI=1S/C15H16N4O3/c1-18-13-5-3-2-4-12(13)14(17-18)16-15(20)10-6-8-11(9-7-10)19(21)22/h6-9H,2-5H2,1H3,(H,16,17,20). The Morgan fingerprint density at radius 1 is 1.27 bits per heavy atom. The van der Waals surface area contributed by atoms with Gasteiger partial charge in [0.25, 0.3) is 11.6 Å². The Morgan fingerprint density at radius 3 is 2.64 bits per heavy atom. The summed E-state index contributed by atoms with van der Waals surface area (Å²) in [5.74, 6) is 0.293. The van der Waals surface area contributed by atoms with Gasteiger partial charge in [-0.05, 0) is 37.8 Å². The average Bonchev–Trinajstić information content (AvgIpc) is 2.84. The largest absolute Gasteiger partial charge is 0.305 e. The Bertz CT molecular complexity index is 734. The van der Waals surface area contributed by atoms with Crippen LogP contribution in [-0.2, 0) is 19.9 Å². The maximum atomic E-state index is 12.3. The molecule has 0 saturated carbocycles. The quantitative estimate of drug-likeness (QED) is 0.696. The van der Waals surface area contributed by atoms with Crippen LogP contribution in [0.4, 0.5) is 11.5 Å². The lowest BCUT2D eigenvalue weighted by Gasteiger charge is -2.12. The van der Waals surface area contributed by atoms with Gasteiger partial charge in [0.1, 0.15) is 0 Å². The first-order chi connectivity index (χ1) is 10.6. The fraction of sp³-hybridized carbons (Fsp3) is 0.333. The first-order valence-electron chi connectivity index (χ1n) is 7.17. The topological polar surface area (TPSA) is 90.1 Å². The second-order valence-corrected chi connectivity index (χ2v) is 5.36. The second kappa shape index (κ2) is 5.59. The van der Waals surface area contributed by atoms with Crippen LogP contribution < -0.4 is 5.32 Å². The molecule has 1 amide bonds. The number of nitro groups is 1. The number of fused-ring (bicyclic) bond motifs is 1. The number of aromatic nitrogens is 2. The predicted octanol–water partition coefficient (Wildman–Crippen LogP) is 2.46. The van der Waals surface area contributed by atoms with Gasteiger partial charge in [-0.15, -0.1) is 0 Å². The number of nitro benzene ring substituents is 1. The van der Waals surface area contributed by atoms with Gasteiger partial charge in [0.15, 0.2) is 5.82 Å². The zero-order valence-corrected chi connectivity index (χ0v) is 12.2. The van der Waals surface area contributed by atoms with E-state index in [1.165, 1.54) is 30.0 Å². The summed E-state index contributed by atoms with van der Waals surface area (Å²) >= 11 is 0. The molecular formula is C15H16N4O3. The van der Waals surface area contributed by atoms with E-state index in [1.807, 2.05) is 11.7 Å². The van der Waals surface area contributed by atoms with Gasteiger partial charge in [-0.2, -0.15) is 5.10 Å². The summed E-state index contributed by atoms with van der Waals surface area (Å²) in [6.07, 6.45) is 4.13. The number of carbonyl (C=O) groups is 1. The highest BCUT2D eigenvalue weighted by Crippen LogP contribution is 2.27. The molecule has 7 nitrogen and oxygen atoms in total. The molecule has 0 aliphatic heterocycles. The van der Waals surface area contributed by atoms with Crippen molar-refractivity contribution in [2.45, 2.75) is 25.7 Å². The maximum Gasteiger partial charge on any atom is 0.269 e. The van der Waals surface area contributed by atoms with Gasteiger partial charge in [-0.1, -0.05) is 0 Å². The number of nitrogens with one attached hydrogen (secondary N) is 1. The van der Waals surface area contributed by atoms with E-state index >= 15 is 0 Å². The zero-order chi connectivity index (χ0) is 15.7. The number of anilines is 1. The molecule has 1 aromatic carbocycles. The van der Waals surface area contributed by atoms with E-state index in [4.69, 9.17) is 0 Å². The van der Waals surface area contributed by atoms with Gasteiger partial charge < -0.3 is 5.32 Å². The number of hydrogen-bond acceptors (Lipinski definition) is 4. The second-order valence-electron chi connectivity index (χ2n) is 5.36. The molecular weight excluding hydrogens is 284 g/mol. The van der Waals surface area contributed by atoms with E-state index in [9.17, 15) is 14.9 Å². The van der Waals surface area contributed by atoms with E-state index in [1.54, 1.807) is 0 Å². The molecule has 1 aliphatic carbocycles. The van der Waals surface area contributed by atoms with Crippen molar-refractivity contribution in [2.75, 3.05) is 5.32 Å². The molecule has 3 rings (SSSR count). The minimum Gasteiger partial charge on any atom is -0.305 e. The summed E-state index contributed by atoms with van der Waals surface area (Å²) in [4.78, 5) is 22.4. The Balaban J connectivity index is 1.81. The predicted molar refractivity (Wildman–Crippen MR) is 80.9 cm³/mol. The van der Waals surface area contributed by atoms with Crippen molar-refractivity contribution in [3.05, 3.63) is 51.2 Å². The van der Waals surface area contributed by atoms with E-state index in [-0.39, 0.29) is 11.6 Å². The van der Waals surface area contributed by atoms with Crippen molar-refractivity contribution in [3.8, 4) is 0 Å². The molecule has 0 saturated heterocycles. The number of benzene rings is 1. The summed E-state index contributed by atoms with van der Waals surface area (Å²) in [6, 6.07) is 5.54. The van der Waals surface area contributed by atoms with Crippen molar-refractivity contribution in [1.29, 1.82) is 0 Å². The smallest absolute Gasteiger partial charge is 0.269 e. The van der Waals surface area contributed by atoms with Gasteiger partial charge in [0.2, 0.25) is 0 Å². The van der Waals surface area contributed by atoms with E-state index in [2.05, 4.69) is 10.4 Å². The molecule has 0 spiro atoms. The minimum atomic E-state index is -0.489. The third-order valence-electron chi connectivity index (χ3n) is 3.94. The van der Waals surface area contributed by atoms with Crippen molar-refractivity contribution < 1.29 is 9.72 Å². The number of nitrogens with zero attached hydrogens (tertiary/aromatic N) is 3. The molecule has 0 unspecified atom stereocenters. The lowest BCUT2D eigenvalue weighted by atomic mass is 9.97. The number of carbonyl (C=O) groups excluding carboxylic acids is 1. The van der Waals surface area contributed by atoms with Gasteiger partial charge in [0.05, 0.1) is 4.92 Å². The third kappa shape index (κ3) is 2.57. The molecule has 1 aromatic heterocycles. The van der Waals surface area contributed by atoms with Crippen molar-refractivity contribution in [2.24, 2.45) is 7.05 Å². The number of non-ortho nitro benzene ring substituents is 1. The fourth-order valence-corrected chi connectivity index (χ4v) is 2.79. The molecule has 1 aliphatic rings. The fourth-order valence-electron chi connectivity index (χ4n) is 2.79. The van der Waals surface area contributed by atoms with Crippen molar-refractivity contribution in [1.82, 2.24) is 9.78 Å². The Morgan fingerprint density at radius 2 is 1.95 bits per heavy atom. The molecule has 22 heavy (non-hydrogen) atoms. The average molecular weight is 300 g/mol. The SMILES string of the molecule is Cn1nc(NC(=O)c2ccc([N+](=O)[O-])cc2)c2c1CCCC2. The van der Waals surface area contributed by atoms with Gasteiger partial charge in [-0.3, -0.25) is 19.6 Å². The van der Waals surface area contributed by atoms with E-state index < -0.39 is 4.92 Å². The summed E-state index contributed by atoms with van der Waals surface area (Å²) < 4.78 is 1.82. The highest BCUT2D eigenvalue weighted by molar-refractivity contribution is 6.04. The Labute approximate surface area is 127 Å². The first-order valence-corrected chi connectivity index (χ1v) is 7.17. The van der Waals surface area contributed by atoms with Crippen molar-refractivity contribution >= 4 is 17.4 Å². The maximum absolute atomic E-state index is 12.3. The lowest BCUT2D eigenvalue weighted by Crippen LogP contribution is -2.14. The monoisotopic (exact) mass is 300 g/mol. The molecule has 114 valence electrons. The Hall–Kier alpha value is -2.70. The number of aryl methyl sites for hydroxylation is 1. The van der Waals surface area contributed by atoms with E-state index in [0.717, 1.165) is 31.2 Å². The molecule has 0 atom stereocenters. The summed E-state index contributed by atoms with van der Waals surface area (Å²) in [5.41, 5.74) is 2.61. The van der Waals surface area contributed by atoms with Crippen LogP contribution in [0.1, 0.15) is 34.5 Å². The molecule has 7 heteroatoms. The summed E-state index contributed by atoms with van der Waals surface area (Å²) in [7, 11) is 1.88. The molecule has 0 bridgehead atoms. The summed E-state index contributed by atoms with van der Waals surface area (Å²) in [6.45, 7) is 0. The van der Waals surface area contributed by atoms with Crippen LogP contribution in [0.3, 0.4) is 0 Å². The minimum absolute atomic E-state index is 0.0354. The van der Waals surface area contributed by atoms with Crippen LogP contribution in [0.2, 0.25) is 0 Å². The Kier molecular flexibility index (Phi) is 3.62. The van der Waals surface area contributed by atoms with Gasteiger partial charge in [-0.25, -0.2) is 0 Å². The lowest BCUT2D eigenvalue weighted by molar-refractivity contribution is -0.384. The highest BCUT2D eigenvalue weighted by atomic mass is 16.6. The zero-order valence-electron chi connectivity index (χ0n) is 12.2. The highest BCUT2D eigenvalue weighted by Gasteiger charge is 2.21. The van der Waals surface area contributed by atoms with Gasteiger partial charge in [0, 0.05) is 36.0 Å². The van der Waals surface area contributed by atoms with Crippen LogP contribution in [0, 0.1) is 10.1 Å². The molecule has 0 radical (unpaired) electrons. The normalized spacial score (nSPS) is 13.5. The molecule has 1 N–H and O–H groups in total. The number of rotatable bonds is 3.